The summed E-state index contributed by atoms with van der Waals surface area (Å²) >= 11 is 4.65. The number of thioether (sulfide) groups is 2. The van der Waals surface area contributed by atoms with Crippen molar-refractivity contribution in [2.45, 2.75) is 62.2 Å². The van der Waals surface area contributed by atoms with E-state index in [1.165, 1.54) is 33.6 Å². The van der Waals surface area contributed by atoms with Gasteiger partial charge in [-0.15, -0.1) is 33.3 Å². The van der Waals surface area contributed by atoms with Gasteiger partial charge in [-0.2, -0.15) is 0 Å². The standard InChI is InChI=1S/C20H25N5OS3/c1-6-25-17(11-27-16-9-7-12(2)8-10-16)23-24-20(25)29-15(5)18(26)22-19-21-13(3)14(4)28-19/h7-10,15H,6,11H2,1-5H3,(H,21,22,26). The Labute approximate surface area is 183 Å². The summed E-state index contributed by atoms with van der Waals surface area (Å²) < 4.78 is 2.08. The Hall–Kier alpha value is -1.84. The van der Waals surface area contributed by atoms with Gasteiger partial charge >= 0.3 is 0 Å². The van der Waals surface area contributed by atoms with Crippen LogP contribution >= 0.6 is 34.9 Å². The number of hydrogen-bond acceptors (Lipinski definition) is 7. The smallest absolute Gasteiger partial charge is 0.239 e. The first-order chi connectivity index (χ1) is 13.9. The number of aryl methyl sites for hydroxylation is 3. The minimum atomic E-state index is -0.299. The van der Waals surface area contributed by atoms with Crippen molar-refractivity contribution in [1.82, 2.24) is 19.7 Å². The summed E-state index contributed by atoms with van der Waals surface area (Å²) in [6.07, 6.45) is 0. The zero-order valence-corrected chi connectivity index (χ0v) is 19.7. The second kappa shape index (κ2) is 9.77. The highest BCUT2D eigenvalue weighted by Gasteiger charge is 2.21. The Morgan fingerprint density at radius 1 is 1.21 bits per heavy atom. The van der Waals surface area contributed by atoms with E-state index in [1.807, 2.05) is 20.8 Å². The molecule has 0 saturated heterocycles. The zero-order chi connectivity index (χ0) is 21.0. The molecule has 1 N–H and O–H groups in total. The zero-order valence-electron chi connectivity index (χ0n) is 17.2. The van der Waals surface area contributed by atoms with Crippen LogP contribution in [0.25, 0.3) is 0 Å². The van der Waals surface area contributed by atoms with Gasteiger partial charge in [-0.1, -0.05) is 29.5 Å². The second-order valence-corrected chi connectivity index (χ2v) is 10.2. The van der Waals surface area contributed by atoms with Crippen LogP contribution in [0, 0.1) is 20.8 Å². The molecule has 2 heterocycles. The third-order valence-corrected chi connectivity index (χ3v) is 7.49. The minimum absolute atomic E-state index is 0.0787. The van der Waals surface area contributed by atoms with E-state index in [1.54, 1.807) is 11.8 Å². The van der Waals surface area contributed by atoms with Crippen LogP contribution in [-0.4, -0.2) is 30.9 Å². The van der Waals surface area contributed by atoms with Crippen molar-refractivity contribution in [3.8, 4) is 0 Å². The molecule has 154 valence electrons. The van der Waals surface area contributed by atoms with Gasteiger partial charge in [0.2, 0.25) is 5.91 Å². The normalized spacial score (nSPS) is 12.2. The number of aromatic nitrogens is 4. The summed E-state index contributed by atoms with van der Waals surface area (Å²) in [4.78, 5) is 19.3. The van der Waals surface area contributed by atoms with Crippen molar-refractivity contribution >= 4 is 45.9 Å². The number of carbonyl (C=O) groups excluding carboxylic acids is 1. The first kappa shape index (κ1) is 21.9. The van der Waals surface area contributed by atoms with Gasteiger partial charge in [0.15, 0.2) is 10.3 Å². The summed E-state index contributed by atoms with van der Waals surface area (Å²) in [5.41, 5.74) is 2.20. The first-order valence-electron chi connectivity index (χ1n) is 9.40. The van der Waals surface area contributed by atoms with Gasteiger partial charge < -0.3 is 9.88 Å². The number of amides is 1. The lowest BCUT2D eigenvalue weighted by atomic mass is 10.2. The van der Waals surface area contributed by atoms with Gasteiger partial charge in [-0.25, -0.2) is 4.98 Å². The molecule has 0 bridgehead atoms. The van der Waals surface area contributed by atoms with Crippen LogP contribution in [-0.2, 0) is 17.1 Å². The molecule has 0 aliphatic heterocycles. The van der Waals surface area contributed by atoms with Crippen LogP contribution in [0.1, 0.15) is 35.8 Å². The number of carbonyl (C=O) groups is 1. The molecule has 0 aliphatic carbocycles. The number of anilines is 1. The summed E-state index contributed by atoms with van der Waals surface area (Å²) in [5, 5.41) is 12.7. The molecule has 29 heavy (non-hydrogen) atoms. The molecule has 1 atom stereocenters. The Bertz CT molecular complexity index is 961. The molecular formula is C20H25N5OS3. The van der Waals surface area contributed by atoms with E-state index in [4.69, 9.17) is 0 Å². The highest BCUT2D eigenvalue weighted by Crippen LogP contribution is 2.28. The Morgan fingerprint density at radius 2 is 1.93 bits per heavy atom. The van der Waals surface area contributed by atoms with Crippen LogP contribution in [0.15, 0.2) is 34.3 Å². The lowest BCUT2D eigenvalue weighted by Gasteiger charge is -2.11. The molecule has 0 fully saturated rings. The van der Waals surface area contributed by atoms with Crippen molar-refractivity contribution < 1.29 is 4.79 Å². The van der Waals surface area contributed by atoms with Gasteiger partial charge in [-0.05, 0) is 46.8 Å². The molecule has 0 aliphatic rings. The van der Waals surface area contributed by atoms with E-state index in [0.717, 1.165) is 33.8 Å². The molecule has 3 aromatic rings. The summed E-state index contributed by atoms with van der Waals surface area (Å²) in [6, 6.07) is 8.47. The molecule has 0 spiro atoms. The molecule has 0 saturated carbocycles. The highest BCUT2D eigenvalue weighted by molar-refractivity contribution is 8.00. The topological polar surface area (TPSA) is 72.7 Å². The fourth-order valence-corrected chi connectivity index (χ4v) is 5.15. The predicted octanol–water partition coefficient (Wildman–Crippen LogP) is 5.09. The van der Waals surface area contributed by atoms with Crippen molar-refractivity contribution in [1.29, 1.82) is 0 Å². The van der Waals surface area contributed by atoms with E-state index in [0.29, 0.717) is 5.13 Å². The fraction of sp³-hybridized carbons (Fsp3) is 0.400. The monoisotopic (exact) mass is 447 g/mol. The average molecular weight is 448 g/mol. The second-order valence-electron chi connectivity index (χ2n) is 6.65. The highest BCUT2D eigenvalue weighted by atomic mass is 32.2. The Morgan fingerprint density at radius 3 is 2.55 bits per heavy atom. The van der Waals surface area contributed by atoms with E-state index >= 15 is 0 Å². The maximum absolute atomic E-state index is 12.6. The number of hydrogen-bond donors (Lipinski definition) is 1. The third kappa shape index (κ3) is 5.61. The number of nitrogens with zero attached hydrogens (tertiary/aromatic N) is 4. The number of rotatable bonds is 8. The maximum Gasteiger partial charge on any atom is 0.239 e. The molecule has 1 aromatic carbocycles. The maximum atomic E-state index is 12.6. The lowest BCUT2D eigenvalue weighted by Crippen LogP contribution is -2.23. The Kier molecular flexibility index (Phi) is 7.37. The van der Waals surface area contributed by atoms with E-state index in [-0.39, 0.29) is 11.2 Å². The van der Waals surface area contributed by atoms with E-state index in [2.05, 4.69) is 63.2 Å². The molecule has 3 rings (SSSR count). The van der Waals surface area contributed by atoms with Gasteiger partial charge in [-0.3, -0.25) is 4.79 Å². The summed E-state index contributed by atoms with van der Waals surface area (Å²) in [5.74, 6) is 1.58. The van der Waals surface area contributed by atoms with Crippen LogP contribution in [0.3, 0.4) is 0 Å². The minimum Gasteiger partial charge on any atom is -0.306 e. The predicted molar refractivity (Wildman–Crippen MR) is 122 cm³/mol. The number of thiazole rings is 1. The van der Waals surface area contributed by atoms with Crippen molar-refractivity contribution in [2.24, 2.45) is 0 Å². The molecule has 1 amide bonds. The van der Waals surface area contributed by atoms with Gasteiger partial charge in [0.05, 0.1) is 16.7 Å². The Balaban J connectivity index is 1.62. The van der Waals surface area contributed by atoms with Crippen molar-refractivity contribution in [2.75, 3.05) is 5.32 Å². The molecule has 6 nitrogen and oxygen atoms in total. The van der Waals surface area contributed by atoms with E-state index < -0.39 is 0 Å². The van der Waals surface area contributed by atoms with Crippen LogP contribution in [0.5, 0.6) is 0 Å². The van der Waals surface area contributed by atoms with Crippen LogP contribution < -0.4 is 5.32 Å². The molecule has 2 aromatic heterocycles. The van der Waals surface area contributed by atoms with Gasteiger partial charge in [0, 0.05) is 16.3 Å². The van der Waals surface area contributed by atoms with Gasteiger partial charge in [0.25, 0.3) is 0 Å². The molecular weight excluding hydrogens is 422 g/mol. The summed E-state index contributed by atoms with van der Waals surface area (Å²) in [6.45, 7) is 10.7. The molecule has 1 unspecified atom stereocenters. The van der Waals surface area contributed by atoms with Gasteiger partial charge in [0.1, 0.15) is 5.82 Å². The largest absolute Gasteiger partial charge is 0.306 e. The first-order valence-corrected chi connectivity index (χ1v) is 12.1. The van der Waals surface area contributed by atoms with E-state index in [9.17, 15) is 4.79 Å². The van der Waals surface area contributed by atoms with Crippen molar-refractivity contribution in [3.63, 3.8) is 0 Å². The third-order valence-electron chi connectivity index (χ3n) is 4.41. The van der Waals surface area contributed by atoms with Crippen molar-refractivity contribution in [3.05, 3.63) is 46.2 Å². The summed E-state index contributed by atoms with van der Waals surface area (Å²) in [7, 11) is 0. The fourth-order valence-electron chi connectivity index (χ4n) is 2.56. The lowest BCUT2D eigenvalue weighted by molar-refractivity contribution is -0.115. The number of benzene rings is 1. The molecule has 9 heteroatoms. The van der Waals surface area contributed by atoms with Crippen LogP contribution in [0.2, 0.25) is 0 Å². The van der Waals surface area contributed by atoms with Crippen LogP contribution in [0.4, 0.5) is 5.13 Å². The average Bonchev–Trinajstić information content (AvgIpc) is 3.23. The number of nitrogens with one attached hydrogen (secondary N) is 1. The quantitative estimate of drug-likeness (QED) is 0.485. The SMILES string of the molecule is CCn1c(CSc2ccc(C)cc2)nnc1SC(C)C(=O)Nc1nc(C)c(C)s1. The molecule has 0 radical (unpaired) electrons.